The predicted molar refractivity (Wildman–Crippen MR) is 72.4 cm³/mol. The average Bonchev–Trinajstić information content (AvgIpc) is 3.02. The van der Waals surface area contributed by atoms with Crippen LogP contribution < -0.4 is 10.1 Å². The lowest BCUT2D eigenvalue weighted by Gasteiger charge is -2.03. The summed E-state index contributed by atoms with van der Waals surface area (Å²) in [7, 11) is 0. The first-order chi connectivity index (χ1) is 9.29. The third-order valence-corrected chi connectivity index (χ3v) is 3.49. The summed E-state index contributed by atoms with van der Waals surface area (Å²) in [4.78, 5) is 11.5. The van der Waals surface area contributed by atoms with E-state index >= 15 is 0 Å². The van der Waals surface area contributed by atoms with Gasteiger partial charge in [-0.2, -0.15) is 0 Å². The molecule has 19 heavy (non-hydrogen) atoms. The molecule has 4 heteroatoms. The van der Waals surface area contributed by atoms with Crippen LogP contribution in [0, 0.1) is 0 Å². The molecule has 2 aromatic rings. The van der Waals surface area contributed by atoms with Crippen molar-refractivity contribution in [2.45, 2.75) is 26.2 Å². The normalized spacial score (nSPS) is 13.3. The van der Waals surface area contributed by atoms with E-state index in [2.05, 4.69) is 5.32 Å². The van der Waals surface area contributed by atoms with Crippen LogP contribution in [0.25, 0.3) is 11.0 Å². The van der Waals surface area contributed by atoms with Crippen LogP contribution in [0.5, 0.6) is 5.75 Å². The smallest absolute Gasteiger partial charge is 0.220 e. The van der Waals surface area contributed by atoms with E-state index in [1.807, 2.05) is 19.1 Å². The molecule has 1 aliphatic rings. The number of carbonyl (C=O) groups excluding carboxylic acids is 1. The number of nitrogens with one attached hydrogen (secondary N) is 1. The van der Waals surface area contributed by atoms with E-state index in [-0.39, 0.29) is 5.91 Å². The highest BCUT2D eigenvalue weighted by Gasteiger charge is 2.19. The lowest BCUT2D eigenvalue weighted by Crippen LogP contribution is -2.22. The number of amides is 1. The van der Waals surface area contributed by atoms with Crippen LogP contribution in [0.15, 0.2) is 22.8 Å². The lowest BCUT2D eigenvalue weighted by atomic mass is 10.0. The third kappa shape index (κ3) is 2.18. The van der Waals surface area contributed by atoms with Crippen molar-refractivity contribution in [3.05, 3.63) is 29.5 Å². The van der Waals surface area contributed by atoms with Crippen molar-refractivity contribution in [2.24, 2.45) is 0 Å². The summed E-state index contributed by atoms with van der Waals surface area (Å²) in [6, 6.07) is 3.90. The first-order valence-electron chi connectivity index (χ1n) is 6.71. The Morgan fingerprint density at radius 1 is 1.42 bits per heavy atom. The monoisotopic (exact) mass is 259 g/mol. The lowest BCUT2D eigenvalue weighted by molar-refractivity contribution is -0.120. The Morgan fingerprint density at radius 3 is 3.16 bits per heavy atom. The molecule has 0 aliphatic carbocycles. The first-order valence-corrected chi connectivity index (χ1v) is 6.71. The summed E-state index contributed by atoms with van der Waals surface area (Å²) in [5.74, 6) is 1.04. The largest absolute Gasteiger partial charge is 0.493 e. The number of rotatable bonds is 4. The summed E-state index contributed by atoms with van der Waals surface area (Å²) < 4.78 is 11.2. The number of fused-ring (bicyclic) bond motifs is 3. The Kier molecular flexibility index (Phi) is 3.15. The summed E-state index contributed by atoms with van der Waals surface area (Å²) in [5, 5.41) is 3.95. The van der Waals surface area contributed by atoms with Gasteiger partial charge in [-0.3, -0.25) is 4.79 Å². The van der Waals surface area contributed by atoms with Gasteiger partial charge in [-0.05, 0) is 31.0 Å². The summed E-state index contributed by atoms with van der Waals surface area (Å²) >= 11 is 0. The Balaban J connectivity index is 1.88. The van der Waals surface area contributed by atoms with Crippen LogP contribution in [0.3, 0.4) is 0 Å². The van der Waals surface area contributed by atoms with E-state index < -0.39 is 0 Å². The van der Waals surface area contributed by atoms with Crippen molar-refractivity contribution < 1.29 is 13.9 Å². The molecule has 100 valence electrons. The highest BCUT2D eigenvalue weighted by Crippen LogP contribution is 2.35. The van der Waals surface area contributed by atoms with E-state index in [1.54, 1.807) is 6.26 Å². The minimum atomic E-state index is 0.0840. The number of benzene rings is 1. The Hall–Kier alpha value is -1.97. The molecule has 1 aromatic carbocycles. The molecule has 0 radical (unpaired) electrons. The zero-order valence-electron chi connectivity index (χ0n) is 11.0. The van der Waals surface area contributed by atoms with Crippen LogP contribution >= 0.6 is 0 Å². The summed E-state index contributed by atoms with van der Waals surface area (Å²) in [6.45, 7) is 3.33. The van der Waals surface area contributed by atoms with Crippen molar-refractivity contribution in [3.8, 4) is 5.75 Å². The van der Waals surface area contributed by atoms with E-state index in [4.69, 9.17) is 9.15 Å². The molecule has 1 amide bonds. The van der Waals surface area contributed by atoms with Crippen molar-refractivity contribution in [1.29, 1.82) is 0 Å². The fourth-order valence-corrected chi connectivity index (χ4v) is 2.62. The predicted octanol–water partition coefficient (Wildman–Crippen LogP) is 2.44. The molecule has 0 bridgehead atoms. The van der Waals surface area contributed by atoms with Gasteiger partial charge in [0.2, 0.25) is 5.91 Å². The molecular weight excluding hydrogens is 242 g/mol. The second-order valence-corrected chi connectivity index (χ2v) is 4.73. The van der Waals surface area contributed by atoms with Crippen LogP contribution in [0.1, 0.15) is 24.5 Å². The molecule has 1 N–H and O–H groups in total. The molecule has 4 nitrogen and oxygen atoms in total. The van der Waals surface area contributed by atoms with E-state index in [0.29, 0.717) is 19.4 Å². The third-order valence-electron chi connectivity index (χ3n) is 3.49. The number of hydrogen-bond donors (Lipinski definition) is 1. The van der Waals surface area contributed by atoms with E-state index in [1.165, 1.54) is 5.56 Å². The van der Waals surface area contributed by atoms with Gasteiger partial charge in [0.1, 0.15) is 11.3 Å². The highest BCUT2D eigenvalue weighted by molar-refractivity contribution is 5.88. The molecule has 1 aliphatic heterocycles. The zero-order valence-corrected chi connectivity index (χ0v) is 11.0. The van der Waals surface area contributed by atoms with Gasteiger partial charge in [0, 0.05) is 30.3 Å². The molecule has 3 rings (SSSR count). The molecule has 0 saturated heterocycles. The quantitative estimate of drug-likeness (QED) is 0.917. The van der Waals surface area contributed by atoms with E-state index in [0.717, 1.165) is 35.3 Å². The molecule has 0 fully saturated rings. The molecule has 0 atom stereocenters. The maximum atomic E-state index is 11.5. The van der Waals surface area contributed by atoms with Crippen LogP contribution in [0.2, 0.25) is 0 Å². The standard InChI is InChI=1S/C15H17NO3/c1-2-16-14(17)6-3-10-9-19-13-5-4-12-11(15(10)13)7-8-18-12/h4-5,9H,2-3,6-8H2,1H3,(H,16,17). The van der Waals surface area contributed by atoms with Crippen LogP contribution in [-0.2, 0) is 17.6 Å². The highest BCUT2D eigenvalue weighted by atomic mass is 16.5. The van der Waals surface area contributed by atoms with Gasteiger partial charge in [-0.1, -0.05) is 0 Å². The molecule has 1 aromatic heterocycles. The topological polar surface area (TPSA) is 51.5 Å². The van der Waals surface area contributed by atoms with Gasteiger partial charge in [-0.15, -0.1) is 0 Å². The minimum absolute atomic E-state index is 0.0840. The fourth-order valence-electron chi connectivity index (χ4n) is 2.62. The van der Waals surface area contributed by atoms with Gasteiger partial charge >= 0.3 is 0 Å². The van der Waals surface area contributed by atoms with Crippen LogP contribution in [0.4, 0.5) is 0 Å². The number of ether oxygens (including phenoxy) is 1. The van der Waals surface area contributed by atoms with Crippen LogP contribution in [-0.4, -0.2) is 19.1 Å². The Morgan fingerprint density at radius 2 is 2.32 bits per heavy atom. The van der Waals surface area contributed by atoms with Crippen molar-refractivity contribution >= 4 is 16.9 Å². The minimum Gasteiger partial charge on any atom is -0.493 e. The second-order valence-electron chi connectivity index (χ2n) is 4.73. The van der Waals surface area contributed by atoms with Crippen molar-refractivity contribution in [3.63, 3.8) is 0 Å². The average molecular weight is 259 g/mol. The molecule has 0 saturated carbocycles. The number of aryl methyl sites for hydroxylation is 1. The SMILES string of the molecule is CCNC(=O)CCc1coc2ccc3c(c12)CCO3. The van der Waals surface area contributed by atoms with Crippen molar-refractivity contribution in [2.75, 3.05) is 13.2 Å². The van der Waals surface area contributed by atoms with E-state index in [9.17, 15) is 4.79 Å². The van der Waals surface area contributed by atoms with Crippen molar-refractivity contribution in [1.82, 2.24) is 5.32 Å². The number of hydrogen-bond acceptors (Lipinski definition) is 3. The molecule has 2 heterocycles. The summed E-state index contributed by atoms with van der Waals surface area (Å²) in [6.07, 6.45) is 3.88. The zero-order chi connectivity index (χ0) is 13.2. The van der Waals surface area contributed by atoms with Gasteiger partial charge < -0.3 is 14.5 Å². The Bertz CT molecular complexity index is 615. The number of carbonyl (C=O) groups is 1. The van der Waals surface area contributed by atoms with Gasteiger partial charge in [0.05, 0.1) is 12.9 Å². The first kappa shape index (κ1) is 12.1. The summed E-state index contributed by atoms with van der Waals surface area (Å²) in [5.41, 5.74) is 3.20. The van der Waals surface area contributed by atoms with Gasteiger partial charge in [0.25, 0.3) is 0 Å². The number of furan rings is 1. The molecular formula is C15H17NO3. The molecule has 0 unspecified atom stereocenters. The van der Waals surface area contributed by atoms with Gasteiger partial charge in [-0.25, -0.2) is 0 Å². The maximum absolute atomic E-state index is 11.5. The fraction of sp³-hybridized carbons (Fsp3) is 0.400. The maximum Gasteiger partial charge on any atom is 0.220 e. The molecule has 0 spiro atoms. The Labute approximate surface area is 111 Å². The van der Waals surface area contributed by atoms with Gasteiger partial charge in [0.15, 0.2) is 0 Å². The second kappa shape index (κ2) is 4.96.